The van der Waals surface area contributed by atoms with E-state index in [-0.39, 0.29) is 11.3 Å². The number of anilines is 1. The molecular formula is C34H24N2O5S. The molecule has 42 heavy (non-hydrogen) atoms. The highest BCUT2D eigenvalue weighted by atomic mass is 32.1. The maximum atomic E-state index is 14.0. The molecule has 0 fully saturated rings. The standard InChI is InChI=1S/C34H24N2O5S/c1-19-15-20(2)29-27(16-19)42-34(35-29)36-30(22-10-8-13-24(17-22)40-23-11-4-3-5-12-23)28(32(38)33(36)39)31(37)26-18-21-9-6-7-14-25(21)41-26/h3-18,30,38H,1-2H3/t30-/m1/s1. The van der Waals surface area contributed by atoms with E-state index in [1.165, 1.54) is 16.2 Å². The first-order valence-electron chi connectivity index (χ1n) is 13.4. The van der Waals surface area contributed by atoms with Gasteiger partial charge >= 0.3 is 0 Å². The fourth-order valence-electron chi connectivity index (χ4n) is 5.41. The van der Waals surface area contributed by atoms with Crippen molar-refractivity contribution in [2.45, 2.75) is 19.9 Å². The Kier molecular flexibility index (Phi) is 6.13. The summed E-state index contributed by atoms with van der Waals surface area (Å²) in [6, 6.07) is 28.4. The minimum atomic E-state index is -0.973. The first-order valence-corrected chi connectivity index (χ1v) is 14.2. The Balaban J connectivity index is 1.37. The Hall–Kier alpha value is -5.21. The van der Waals surface area contributed by atoms with Crippen LogP contribution < -0.4 is 9.64 Å². The number of aromatic nitrogens is 1. The number of benzene rings is 4. The van der Waals surface area contributed by atoms with Crippen molar-refractivity contribution >= 4 is 49.3 Å². The number of para-hydroxylation sites is 2. The van der Waals surface area contributed by atoms with Crippen LogP contribution in [0.1, 0.15) is 33.3 Å². The molecular weight excluding hydrogens is 548 g/mol. The zero-order chi connectivity index (χ0) is 29.0. The summed E-state index contributed by atoms with van der Waals surface area (Å²) in [4.78, 5) is 34.0. The number of hydrogen-bond donors (Lipinski definition) is 1. The van der Waals surface area contributed by atoms with Crippen molar-refractivity contribution in [1.29, 1.82) is 0 Å². The van der Waals surface area contributed by atoms with Gasteiger partial charge in [0.05, 0.1) is 21.8 Å². The quantitative estimate of drug-likeness (QED) is 0.202. The lowest BCUT2D eigenvalue weighted by Crippen LogP contribution is -2.31. The van der Waals surface area contributed by atoms with Gasteiger partial charge in [0.25, 0.3) is 5.91 Å². The van der Waals surface area contributed by atoms with E-state index in [1.54, 1.807) is 36.4 Å². The monoisotopic (exact) mass is 572 g/mol. The number of nitrogens with zero attached hydrogens (tertiary/aromatic N) is 2. The minimum Gasteiger partial charge on any atom is -0.503 e. The fraction of sp³-hybridized carbons (Fsp3) is 0.0882. The fourth-order valence-corrected chi connectivity index (χ4v) is 6.58. The number of fused-ring (bicyclic) bond motifs is 2. The van der Waals surface area contributed by atoms with Gasteiger partial charge in [0, 0.05) is 5.39 Å². The average molecular weight is 573 g/mol. The van der Waals surface area contributed by atoms with Gasteiger partial charge in [0.15, 0.2) is 16.7 Å². The Labute approximate surface area is 244 Å². The summed E-state index contributed by atoms with van der Waals surface area (Å²) in [5, 5.41) is 12.4. The molecule has 1 aliphatic heterocycles. The van der Waals surface area contributed by atoms with Gasteiger partial charge in [0.2, 0.25) is 5.78 Å². The van der Waals surface area contributed by atoms with E-state index in [4.69, 9.17) is 14.1 Å². The zero-order valence-corrected chi connectivity index (χ0v) is 23.5. The Morgan fingerprint density at radius 1 is 0.929 bits per heavy atom. The third-order valence-electron chi connectivity index (χ3n) is 7.28. The Bertz CT molecular complexity index is 2020. The maximum Gasteiger partial charge on any atom is 0.296 e. The molecule has 1 atom stereocenters. The number of aryl methyl sites for hydroxylation is 2. The highest BCUT2D eigenvalue weighted by Gasteiger charge is 2.46. The van der Waals surface area contributed by atoms with Gasteiger partial charge in [-0.3, -0.25) is 14.5 Å². The van der Waals surface area contributed by atoms with Crippen LogP contribution in [0.2, 0.25) is 0 Å². The van der Waals surface area contributed by atoms with Crippen LogP contribution >= 0.6 is 11.3 Å². The summed E-state index contributed by atoms with van der Waals surface area (Å²) in [5.74, 6) is -0.724. The number of thiazole rings is 1. The van der Waals surface area contributed by atoms with Crippen LogP contribution in [0, 0.1) is 13.8 Å². The molecule has 7 nitrogen and oxygen atoms in total. The molecule has 0 spiro atoms. The SMILES string of the molecule is Cc1cc(C)c2nc(N3C(=O)C(O)=C(C(=O)c4cc5ccccc5o4)[C@H]3c3cccc(Oc4ccccc4)c3)sc2c1. The van der Waals surface area contributed by atoms with Crippen molar-refractivity contribution in [1.82, 2.24) is 4.98 Å². The van der Waals surface area contributed by atoms with Crippen molar-refractivity contribution in [3.8, 4) is 11.5 Å². The number of carbonyl (C=O) groups is 2. The second-order valence-corrected chi connectivity index (χ2v) is 11.2. The molecule has 1 aliphatic rings. The summed E-state index contributed by atoms with van der Waals surface area (Å²) < 4.78 is 12.8. The van der Waals surface area contributed by atoms with Crippen molar-refractivity contribution < 1.29 is 23.8 Å². The van der Waals surface area contributed by atoms with Gasteiger partial charge in [-0.25, -0.2) is 4.98 Å². The first-order chi connectivity index (χ1) is 20.4. The van der Waals surface area contributed by atoms with Gasteiger partial charge in [-0.05, 0) is 73.0 Å². The molecule has 7 rings (SSSR count). The van der Waals surface area contributed by atoms with E-state index >= 15 is 0 Å². The lowest BCUT2D eigenvalue weighted by atomic mass is 9.95. The van der Waals surface area contributed by atoms with Crippen molar-refractivity contribution in [3.05, 3.63) is 131 Å². The number of aliphatic hydroxyl groups excluding tert-OH is 1. The summed E-state index contributed by atoms with van der Waals surface area (Å²) in [7, 11) is 0. The van der Waals surface area contributed by atoms with E-state index in [9.17, 15) is 14.7 Å². The molecule has 1 amide bonds. The molecule has 0 saturated heterocycles. The number of furan rings is 1. The van der Waals surface area contributed by atoms with Crippen LogP contribution in [0.15, 0.2) is 113 Å². The normalized spacial score (nSPS) is 15.2. The lowest BCUT2D eigenvalue weighted by Gasteiger charge is -2.24. The minimum absolute atomic E-state index is 0.0323. The number of Topliss-reactive ketones (excluding diaryl/α,β-unsaturated/α-hetero) is 1. The number of aliphatic hydroxyl groups is 1. The maximum absolute atomic E-state index is 14.0. The van der Waals surface area contributed by atoms with E-state index in [0.717, 1.165) is 26.7 Å². The van der Waals surface area contributed by atoms with E-state index in [1.807, 2.05) is 74.5 Å². The highest BCUT2D eigenvalue weighted by Crippen LogP contribution is 2.45. The first kappa shape index (κ1) is 25.7. The third kappa shape index (κ3) is 4.33. The van der Waals surface area contributed by atoms with E-state index < -0.39 is 23.5 Å². The van der Waals surface area contributed by atoms with Crippen LogP contribution in [-0.4, -0.2) is 21.8 Å². The number of ketones is 1. The molecule has 0 saturated carbocycles. The van der Waals surface area contributed by atoms with Gasteiger partial charge in [-0.2, -0.15) is 0 Å². The molecule has 0 unspecified atom stereocenters. The van der Waals surface area contributed by atoms with Crippen LogP contribution in [0.5, 0.6) is 11.5 Å². The number of rotatable bonds is 6. The Morgan fingerprint density at radius 3 is 2.50 bits per heavy atom. The second kappa shape index (κ2) is 10.0. The van der Waals surface area contributed by atoms with Gasteiger partial charge in [-0.15, -0.1) is 0 Å². The van der Waals surface area contributed by atoms with Gasteiger partial charge < -0.3 is 14.3 Å². The summed E-state index contributed by atoms with van der Waals surface area (Å²) >= 11 is 1.34. The van der Waals surface area contributed by atoms with E-state index in [2.05, 4.69) is 0 Å². The highest BCUT2D eigenvalue weighted by molar-refractivity contribution is 7.22. The molecule has 4 aromatic carbocycles. The summed E-state index contributed by atoms with van der Waals surface area (Å²) in [6.07, 6.45) is 0. The largest absolute Gasteiger partial charge is 0.503 e. The molecule has 0 bridgehead atoms. The van der Waals surface area contributed by atoms with Crippen molar-refractivity contribution in [2.75, 3.05) is 4.90 Å². The van der Waals surface area contributed by atoms with Gasteiger partial charge in [0.1, 0.15) is 17.1 Å². The molecule has 2 aromatic heterocycles. The molecule has 206 valence electrons. The molecule has 3 heterocycles. The van der Waals surface area contributed by atoms with Crippen LogP contribution in [0.25, 0.3) is 21.2 Å². The van der Waals surface area contributed by atoms with Crippen molar-refractivity contribution in [3.63, 3.8) is 0 Å². The number of amides is 1. The second-order valence-electron chi connectivity index (χ2n) is 10.2. The van der Waals surface area contributed by atoms with Crippen LogP contribution in [-0.2, 0) is 4.79 Å². The number of carbonyl (C=O) groups excluding carboxylic acids is 2. The molecule has 6 aromatic rings. The van der Waals surface area contributed by atoms with Gasteiger partial charge in [-0.1, -0.05) is 65.9 Å². The molecule has 1 N–H and O–H groups in total. The Morgan fingerprint density at radius 2 is 1.69 bits per heavy atom. The van der Waals surface area contributed by atoms with Crippen LogP contribution in [0.3, 0.4) is 0 Å². The third-order valence-corrected chi connectivity index (χ3v) is 8.28. The topological polar surface area (TPSA) is 92.9 Å². The molecule has 0 radical (unpaired) electrons. The summed E-state index contributed by atoms with van der Waals surface area (Å²) in [5.41, 5.74) is 3.85. The summed E-state index contributed by atoms with van der Waals surface area (Å²) in [6.45, 7) is 3.98. The number of hydrogen-bond acceptors (Lipinski definition) is 7. The average Bonchev–Trinajstić information content (AvgIpc) is 3.68. The zero-order valence-electron chi connectivity index (χ0n) is 22.7. The van der Waals surface area contributed by atoms with Crippen LogP contribution in [0.4, 0.5) is 5.13 Å². The molecule has 0 aliphatic carbocycles. The smallest absolute Gasteiger partial charge is 0.296 e. The molecule has 8 heteroatoms. The van der Waals surface area contributed by atoms with E-state index in [0.29, 0.717) is 27.8 Å². The van der Waals surface area contributed by atoms with Crippen molar-refractivity contribution in [2.24, 2.45) is 0 Å². The number of ether oxygens (including phenoxy) is 1. The predicted molar refractivity (Wildman–Crippen MR) is 162 cm³/mol. The lowest BCUT2D eigenvalue weighted by molar-refractivity contribution is -0.117. The predicted octanol–water partition coefficient (Wildman–Crippen LogP) is 8.23.